The summed E-state index contributed by atoms with van der Waals surface area (Å²) in [5, 5.41) is 2.53. The summed E-state index contributed by atoms with van der Waals surface area (Å²) >= 11 is 7.32. The molecule has 1 amide bonds. The van der Waals surface area contributed by atoms with Gasteiger partial charge in [-0.05, 0) is 58.8 Å². The summed E-state index contributed by atoms with van der Waals surface area (Å²) in [5.41, 5.74) is 5.12. The molecule has 27 heavy (non-hydrogen) atoms. The first kappa shape index (κ1) is 19.6. The minimum atomic E-state index is -4.84. The molecule has 3 rings (SSSR count). The highest BCUT2D eigenvalue weighted by molar-refractivity contribution is 7.53. The predicted molar refractivity (Wildman–Crippen MR) is 110 cm³/mol. The van der Waals surface area contributed by atoms with Gasteiger partial charge < -0.3 is 15.5 Å². The summed E-state index contributed by atoms with van der Waals surface area (Å²) in [4.78, 5) is 34.2. The third-order valence-electron chi connectivity index (χ3n) is 4.02. The van der Waals surface area contributed by atoms with Crippen molar-refractivity contribution < 1.29 is 19.1 Å². The number of carbonyl (C=O) groups is 1. The lowest BCUT2D eigenvalue weighted by Crippen LogP contribution is -2.30. The Morgan fingerprint density at radius 2 is 1.93 bits per heavy atom. The lowest BCUT2D eigenvalue weighted by Gasteiger charge is -2.25. The van der Waals surface area contributed by atoms with Crippen LogP contribution in [0.5, 0.6) is 0 Å². The van der Waals surface area contributed by atoms with E-state index in [2.05, 4.69) is 6.58 Å². The topological polar surface area (TPSA) is 104 Å². The highest BCUT2D eigenvalue weighted by Crippen LogP contribution is 2.55. The van der Waals surface area contributed by atoms with Crippen molar-refractivity contribution in [2.45, 2.75) is 5.66 Å². The molecule has 0 bridgehead atoms. The zero-order valence-electron chi connectivity index (χ0n) is 13.9. The van der Waals surface area contributed by atoms with Gasteiger partial charge in [-0.15, -0.1) is 11.3 Å². The Hall–Kier alpha value is -2.15. The molecule has 2 aromatic carbocycles. The fourth-order valence-electron chi connectivity index (χ4n) is 2.78. The maximum absolute atomic E-state index is 13.1. The van der Waals surface area contributed by atoms with Gasteiger partial charge in [-0.25, -0.2) is 0 Å². The van der Waals surface area contributed by atoms with Crippen LogP contribution in [0.15, 0.2) is 60.6 Å². The van der Waals surface area contributed by atoms with Crippen molar-refractivity contribution >= 4 is 57.9 Å². The van der Waals surface area contributed by atoms with E-state index in [1.54, 1.807) is 47.8 Å². The number of halogens is 1. The van der Waals surface area contributed by atoms with E-state index in [0.717, 1.165) is 9.60 Å². The highest BCUT2D eigenvalue weighted by atomic mass is 35.5. The van der Waals surface area contributed by atoms with Crippen molar-refractivity contribution in [1.82, 2.24) is 0 Å². The molecule has 4 N–H and O–H groups in total. The third kappa shape index (κ3) is 3.93. The summed E-state index contributed by atoms with van der Waals surface area (Å²) in [6, 6.07) is 11.4. The summed E-state index contributed by atoms with van der Waals surface area (Å²) in [7, 11) is -4.84. The summed E-state index contributed by atoms with van der Waals surface area (Å²) in [5.74, 6) is -0.789. The monoisotopic (exact) mass is 422 g/mol. The molecular weight excluding hydrogens is 407 g/mol. The van der Waals surface area contributed by atoms with Crippen molar-refractivity contribution in [3.8, 4) is 0 Å². The number of benzene rings is 2. The molecule has 140 valence electrons. The maximum Gasteiger partial charge on any atom is 0.342 e. The van der Waals surface area contributed by atoms with Gasteiger partial charge in [0.05, 0.1) is 0 Å². The first-order valence-corrected chi connectivity index (χ1v) is 10.7. The Morgan fingerprint density at radius 3 is 2.52 bits per heavy atom. The normalized spacial score (nSPS) is 12.7. The number of nitrogens with zero attached hydrogens (tertiary/aromatic N) is 1. The molecule has 1 aromatic heterocycles. The fraction of sp³-hybridized carbons (Fsp3) is 0.0556. The van der Waals surface area contributed by atoms with E-state index in [0.29, 0.717) is 21.8 Å². The van der Waals surface area contributed by atoms with Crippen LogP contribution in [0.3, 0.4) is 0 Å². The molecular formula is C18H16ClN2O4PS. The van der Waals surface area contributed by atoms with E-state index in [4.69, 9.17) is 17.3 Å². The summed E-state index contributed by atoms with van der Waals surface area (Å²) < 4.78 is 13.0. The zero-order valence-corrected chi connectivity index (χ0v) is 16.4. The molecule has 3 aromatic rings. The molecule has 1 unspecified atom stereocenters. The van der Waals surface area contributed by atoms with E-state index < -0.39 is 19.2 Å². The van der Waals surface area contributed by atoms with E-state index in [-0.39, 0.29) is 5.56 Å². The Labute approximate surface area is 164 Å². The van der Waals surface area contributed by atoms with Gasteiger partial charge in [-0.1, -0.05) is 18.2 Å². The van der Waals surface area contributed by atoms with Gasteiger partial charge >= 0.3 is 7.60 Å². The molecule has 0 radical (unpaired) electrons. The average Bonchev–Trinajstić information content (AvgIpc) is 2.99. The number of anilines is 2. The average molecular weight is 423 g/mol. The maximum atomic E-state index is 13.1. The van der Waals surface area contributed by atoms with Crippen molar-refractivity contribution in [2.24, 2.45) is 0 Å². The van der Waals surface area contributed by atoms with Crippen LogP contribution in [-0.2, 0) is 9.36 Å². The number of nitrogen functional groups attached to an aromatic ring is 1. The van der Waals surface area contributed by atoms with Crippen LogP contribution in [0, 0.1) is 0 Å². The molecule has 0 saturated carbocycles. The lowest BCUT2D eigenvalue weighted by molar-refractivity contribution is -0.118. The molecule has 1 heterocycles. The largest absolute Gasteiger partial charge is 0.399 e. The minimum Gasteiger partial charge on any atom is -0.399 e. The van der Waals surface area contributed by atoms with E-state index in [1.165, 1.54) is 17.5 Å². The van der Waals surface area contributed by atoms with Gasteiger partial charge in [-0.2, -0.15) is 0 Å². The third-order valence-corrected chi connectivity index (χ3v) is 6.41. The van der Waals surface area contributed by atoms with E-state index in [9.17, 15) is 19.1 Å². The number of carbonyl (C=O) groups excluding carboxylic acids is 1. The SMILES string of the molecule is C=CN(C(=O)C(c1csc2ccc(Cl)cc12)P(=O)(O)O)c1ccc(N)cc1. The number of nitrogens with two attached hydrogens (primary N) is 1. The van der Waals surface area contributed by atoms with E-state index >= 15 is 0 Å². The molecule has 0 aliphatic carbocycles. The Kier molecular flexibility index (Phi) is 5.42. The second kappa shape index (κ2) is 7.46. The van der Waals surface area contributed by atoms with E-state index in [1.807, 2.05) is 0 Å². The number of thiophene rings is 1. The van der Waals surface area contributed by atoms with Crippen LogP contribution in [0.4, 0.5) is 11.4 Å². The van der Waals surface area contributed by atoms with Gasteiger partial charge in [0.15, 0.2) is 5.66 Å². The summed E-state index contributed by atoms with van der Waals surface area (Å²) in [6.45, 7) is 3.61. The second-order valence-corrected chi connectivity index (χ2v) is 8.85. The quantitative estimate of drug-likeness (QED) is 0.414. The van der Waals surface area contributed by atoms with Crippen molar-refractivity contribution in [2.75, 3.05) is 10.6 Å². The number of fused-ring (bicyclic) bond motifs is 1. The molecule has 0 saturated heterocycles. The fourth-order valence-corrected chi connectivity index (χ4v) is 5.01. The first-order chi connectivity index (χ1) is 12.7. The molecule has 0 spiro atoms. The van der Waals surface area contributed by atoms with Crippen LogP contribution >= 0.6 is 30.5 Å². The van der Waals surface area contributed by atoms with Gasteiger partial charge in [0, 0.05) is 27.3 Å². The van der Waals surface area contributed by atoms with Crippen molar-refractivity contribution in [3.05, 3.63) is 71.2 Å². The summed E-state index contributed by atoms with van der Waals surface area (Å²) in [6.07, 6.45) is 1.22. The number of amides is 1. The van der Waals surface area contributed by atoms with Crippen LogP contribution in [-0.4, -0.2) is 15.7 Å². The van der Waals surface area contributed by atoms with Gasteiger partial charge in [0.2, 0.25) is 0 Å². The van der Waals surface area contributed by atoms with Gasteiger partial charge in [0.25, 0.3) is 5.91 Å². The predicted octanol–water partition coefficient (Wildman–Crippen LogP) is 4.53. The highest BCUT2D eigenvalue weighted by Gasteiger charge is 2.41. The molecule has 0 aliphatic rings. The lowest BCUT2D eigenvalue weighted by atomic mass is 10.1. The van der Waals surface area contributed by atoms with Crippen molar-refractivity contribution in [3.63, 3.8) is 0 Å². The Bertz CT molecular complexity index is 1060. The number of rotatable bonds is 5. The second-order valence-electron chi connectivity index (χ2n) is 5.81. The van der Waals surface area contributed by atoms with Gasteiger partial charge in [-0.3, -0.25) is 14.3 Å². The molecule has 0 fully saturated rings. The standard InChI is InChI=1S/C18H16ClN2O4PS/c1-2-21(13-6-4-12(20)5-7-13)18(22)17(26(23,24)25)15-10-27-16-8-3-11(19)9-14(15)16/h2-10,17H,1,20H2,(H2,23,24,25). The smallest absolute Gasteiger partial charge is 0.342 e. The van der Waals surface area contributed by atoms with Gasteiger partial charge in [0.1, 0.15) is 0 Å². The number of hydrogen-bond donors (Lipinski definition) is 3. The molecule has 6 nitrogen and oxygen atoms in total. The van der Waals surface area contributed by atoms with Crippen LogP contribution < -0.4 is 10.6 Å². The van der Waals surface area contributed by atoms with Crippen LogP contribution in [0.2, 0.25) is 5.02 Å². The Balaban J connectivity index is 2.13. The molecule has 0 aliphatic heterocycles. The molecule has 1 atom stereocenters. The zero-order chi connectivity index (χ0) is 19.8. The minimum absolute atomic E-state index is 0.234. The van der Waals surface area contributed by atoms with Crippen LogP contribution in [0.1, 0.15) is 11.2 Å². The van der Waals surface area contributed by atoms with Crippen LogP contribution in [0.25, 0.3) is 10.1 Å². The molecule has 9 heteroatoms. The Morgan fingerprint density at radius 1 is 1.26 bits per heavy atom. The number of hydrogen-bond acceptors (Lipinski definition) is 4. The first-order valence-electron chi connectivity index (χ1n) is 7.75. The van der Waals surface area contributed by atoms with Crippen molar-refractivity contribution in [1.29, 1.82) is 0 Å².